The van der Waals surface area contributed by atoms with Crippen molar-refractivity contribution in [1.29, 1.82) is 0 Å². The van der Waals surface area contributed by atoms with Gasteiger partial charge in [-0.15, -0.1) is 0 Å². The Morgan fingerprint density at radius 3 is 2.78 bits per heavy atom. The maximum absolute atomic E-state index is 11.3. The third-order valence-corrected chi connectivity index (χ3v) is 4.66. The minimum Gasteiger partial charge on any atom is -0.465 e. The second-order valence-electron chi connectivity index (χ2n) is 3.08. The van der Waals surface area contributed by atoms with Crippen LogP contribution in [0.4, 0.5) is 5.13 Å². The number of nitrogens with one attached hydrogen (secondary N) is 2. The maximum atomic E-state index is 11.3. The van der Waals surface area contributed by atoms with Gasteiger partial charge in [0.15, 0.2) is 15.2 Å². The average Bonchev–Trinajstić information content (AvgIpc) is 2.69. The molecule has 102 valence electrons. The van der Waals surface area contributed by atoms with Crippen LogP contribution in [0.3, 0.4) is 0 Å². The first-order valence-corrected chi connectivity index (χ1v) is 7.64. The summed E-state index contributed by atoms with van der Waals surface area (Å²) in [6.07, 6.45) is 0. The number of ether oxygens (including phenoxy) is 1. The van der Waals surface area contributed by atoms with Gasteiger partial charge in [0.1, 0.15) is 0 Å². The number of hydrogen-bond acceptors (Lipinski definition) is 7. The molecule has 0 aromatic carbocycles. The van der Waals surface area contributed by atoms with Crippen LogP contribution in [-0.2, 0) is 14.8 Å². The molecular formula is C8H12ClN3O4S2. The molecule has 0 saturated carbocycles. The van der Waals surface area contributed by atoms with E-state index in [0.717, 1.165) is 11.3 Å². The van der Waals surface area contributed by atoms with E-state index in [9.17, 15) is 13.2 Å². The predicted molar refractivity (Wildman–Crippen MR) is 69.8 cm³/mol. The first kappa shape index (κ1) is 15.2. The second kappa shape index (κ2) is 6.32. The molecule has 0 unspecified atom stereocenters. The summed E-state index contributed by atoms with van der Waals surface area (Å²) in [5.41, 5.74) is 0. The molecule has 0 fully saturated rings. The fourth-order valence-electron chi connectivity index (χ4n) is 0.990. The molecule has 0 saturated heterocycles. The summed E-state index contributed by atoms with van der Waals surface area (Å²) in [4.78, 5) is 15.3. The molecule has 0 radical (unpaired) electrons. The molecule has 0 aliphatic carbocycles. The van der Waals surface area contributed by atoms with Gasteiger partial charge < -0.3 is 10.1 Å². The molecule has 2 N–H and O–H groups in total. The molecule has 1 aromatic heterocycles. The van der Waals surface area contributed by atoms with E-state index in [4.69, 9.17) is 11.6 Å². The number of nitrogens with zero attached hydrogens (tertiary/aromatic N) is 1. The minimum absolute atomic E-state index is 0.0332. The van der Waals surface area contributed by atoms with Crippen LogP contribution in [0, 0.1) is 0 Å². The Labute approximate surface area is 114 Å². The molecular weight excluding hydrogens is 302 g/mol. The predicted octanol–water partition coefficient (Wildman–Crippen LogP) is 0.544. The fourth-order valence-corrected chi connectivity index (χ4v) is 2.69. The molecule has 0 aliphatic heterocycles. The number of methoxy groups -OCH3 is 1. The Balaban J connectivity index is 2.62. The molecule has 1 rings (SSSR count). The summed E-state index contributed by atoms with van der Waals surface area (Å²) in [5.74, 6) is -0.678. The van der Waals surface area contributed by atoms with Crippen LogP contribution in [-0.4, -0.2) is 45.8 Å². The number of thiazole rings is 1. The fraction of sp³-hybridized carbons (Fsp3) is 0.500. The van der Waals surface area contributed by atoms with Crippen molar-refractivity contribution in [3.63, 3.8) is 0 Å². The van der Waals surface area contributed by atoms with Crippen molar-refractivity contribution >= 4 is 44.1 Å². The largest absolute Gasteiger partial charge is 0.465 e. The molecule has 7 nitrogen and oxygen atoms in total. The van der Waals surface area contributed by atoms with E-state index >= 15 is 0 Å². The van der Waals surface area contributed by atoms with Gasteiger partial charge in [-0.05, 0) is 7.05 Å². The Morgan fingerprint density at radius 1 is 1.56 bits per heavy atom. The Kier molecular flexibility index (Phi) is 5.32. The standard InChI is InChI=1S/C8H12ClN3O4S2/c1-10-18(14,15)4-3-11-8-12-6(9)5(17-8)7(13)16-2/h10H,3-4H2,1-2H3,(H,11,12). The Bertz CT molecular complexity index is 528. The minimum atomic E-state index is -3.27. The third kappa shape index (κ3) is 4.09. The van der Waals surface area contributed by atoms with Gasteiger partial charge in [-0.25, -0.2) is 22.9 Å². The summed E-state index contributed by atoms with van der Waals surface area (Å²) in [6.45, 7) is 0.160. The van der Waals surface area contributed by atoms with Crippen molar-refractivity contribution in [2.24, 2.45) is 0 Å². The van der Waals surface area contributed by atoms with Crippen LogP contribution in [0.15, 0.2) is 0 Å². The van der Waals surface area contributed by atoms with Crippen LogP contribution >= 0.6 is 22.9 Å². The van der Waals surface area contributed by atoms with Gasteiger partial charge >= 0.3 is 5.97 Å². The maximum Gasteiger partial charge on any atom is 0.351 e. The van der Waals surface area contributed by atoms with Crippen molar-refractivity contribution in [2.75, 3.05) is 31.8 Å². The number of halogens is 1. The van der Waals surface area contributed by atoms with Gasteiger partial charge in [0, 0.05) is 6.54 Å². The Hall–Kier alpha value is -0.900. The number of hydrogen-bond donors (Lipinski definition) is 2. The highest BCUT2D eigenvalue weighted by Crippen LogP contribution is 2.27. The average molecular weight is 314 g/mol. The van der Waals surface area contributed by atoms with E-state index in [1.165, 1.54) is 14.2 Å². The van der Waals surface area contributed by atoms with Crippen molar-refractivity contribution < 1.29 is 17.9 Å². The number of carbonyl (C=O) groups excluding carboxylic acids is 1. The summed E-state index contributed by atoms with van der Waals surface area (Å²) in [7, 11) is -0.695. The second-order valence-corrected chi connectivity index (χ2v) is 6.48. The van der Waals surface area contributed by atoms with Crippen molar-refractivity contribution in [3.05, 3.63) is 10.0 Å². The Morgan fingerprint density at radius 2 is 2.22 bits per heavy atom. The van der Waals surface area contributed by atoms with Crippen LogP contribution < -0.4 is 10.0 Å². The first-order valence-electron chi connectivity index (χ1n) is 4.79. The van der Waals surface area contributed by atoms with E-state index in [2.05, 4.69) is 19.8 Å². The number of rotatable bonds is 6. The van der Waals surface area contributed by atoms with Crippen molar-refractivity contribution in [3.8, 4) is 0 Å². The lowest BCUT2D eigenvalue weighted by Gasteiger charge is -2.02. The smallest absolute Gasteiger partial charge is 0.351 e. The topological polar surface area (TPSA) is 97.4 Å². The van der Waals surface area contributed by atoms with Gasteiger partial charge in [0.05, 0.1) is 12.9 Å². The number of esters is 1. The van der Waals surface area contributed by atoms with E-state index in [1.54, 1.807) is 0 Å². The lowest BCUT2D eigenvalue weighted by molar-refractivity contribution is 0.0606. The summed E-state index contributed by atoms with van der Waals surface area (Å²) in [6, 6.07) is 0. The number of carbonyl (C=O) groups is 1. The highest BCUT2D eigenvalue weighted by atomic mass is 35.5. The highest BCUT2D eigenvalue weighted by molar-refractivity contribution is 7.89. The molecule has 0 atom stereocenters. The van der Waals surface area contributed by atoms with Crippen LogP contribution in [0.1, 0.15) is 9.67 Å². The summed E-state index contributed by atoms with van der Waals surface area (Å²) < 4.78 is 29.0. The zero-order chi connectivity index (χ0) is 13.8. The number of sulfonamides is 1. The van der Waals surface area contributed by atoms with Gasteiger partial charge in [-0.2, -0.15) is 0 Å². The molecule has 1 heterocycles. The number of anilines is 1. The number of aromatic nitrogens is 1. The van der Waals surface area contributed by atoms with Crippen LogP contribution in [0.25, 0.3) is 0 Å². The zero-order valence-electron chi connectivity index (χ0n) is 9.69. The van der Waals surface area contributed by atoms with Crippen LogP contribution in [0.5, 0.6) is 0 Å². The van der Waals surface area contributed by atoms with Gasteiger partial charge in [-0.3, -0.25) is 0 Å². The molecule has 1 aromatic rings. The van der Waals surface area contributed by atoms with E-state index in [0.29, 0.717) is 5.13 Å². The quantitative estimate of drug-likeness (QED) is 0.744. The monoisotopic (exact) mass is 313 g/mol. The van der Waals surface area contributed by atoms with Gasteiger partial charge in [-0.1, -0.05) is 22.9 Å². The molecule has 0 spiro atoms. The molecule has 0 amide bonds. The molecule has 0 bridgehead atoms. The SMILES string of the molecule is CNS(=O)(=O)CCNc1nc(Cl)c(C(=O)OC)s1. The van der Waals surface area contributed by atoms with E-state index in [-0.39, 0.29) is 22.3 Å². The first-order chi connectivity index (χ1) is 8.39. The summed E-state index contributed by atoms with van der Waals surface area (Å²) in [5, 5.41) is 3.17. The molecule has 18 heavy (non-hydrogen) atoms. The van der Waals surface area contributed by atoms with Gasteiger partial charge in [0.2, 0.25) is 10.0 Å². The zero-order valence-corrected chi connectivity index (χ0v) is 12.1. The van der Waals surface area contributed by atoms with Gasteiger partial charge in [0.25, 0.3) is 0 Å². The van der Waals surface area contributed by atoms with Crippen molar-refractivity contribution in [2.45, 2.75) is 0 Å². The van der Waals surface area contributed by atoms with E-state index < -0.39 is 16.0 Å². The highest BCUT2D eigenvalue weighted by Gasteiger charge is 2.17. The van der Waals surface area contributed by atoms with E-state index in [1.807, 2.05) is 0 Å². The van der Waals surface area contributed by atoms with Crippen molar-refractivity contribution in [1.82, 2.24) is 9.71 Å². The lowest BCUT2D eigenvalue weighted by atomic mass is 10.6. The molecule has 0 aliphatic rings. The lowest BCUT2D eigenvalue weighted by Crippen LogP contribution is -2.26. The third-order valence-electron chi connectivity index (χ3n) is 1.91. The van der Waals surface area contributed by atoms with Crippen LogP contribution in [0.2, 0.25) is 5.15 Å². The summed E-state index contributed by atoms with van der Waals surface area (Å²) >= 11 is 6.75. The normalized spacial score (nSPS) is 11.3. The molecule has 10 heteroatoms.